The summed E-state index contributed by atoms with van der Waals surface area (Å²) in [5.41, 5.74) is 3.16. The molecular weight excluding hydrogens is 429 g/mol. The summed E-state index contributed by atoms with van der Waals surface area (Å²) >= 11 is 5.17. The van der Waals surface area contributed by atoms with Crippen LogP contribution >= 0.6 is 12.2 Å². The number of aromatic nitrogens is 1. The van der Waals surface area contributed by atoms with Gasteiger partial charge in [0, 0.05) is 5.69 Å². The maximum Gasteiger partial charge on any atom is 0.260 e. The molecule has 1 amide bonds. The van der Waals surface area contributed by atoms with Gasteiger partial charge in [-0.3, -0.25) is 10.1 Å². The maximum atomic E-state index is 13.8. The molecule has 3 aromatic carbocycles. The second kappa shape index (κ2) is 8.76. The fourth-order valence-corrected chi connectivity index (χ4v) is 3.39. The van der Waals surface area contributed by atoms with Crippen LogP contribution in [0.15, 0.2) is 65.1 Å². The van der Waals surface area contributed by atoms with Crippen LogP contribution in [0.4, 0.5) is 10.1 Å². The largest absolute Gasteiger partial charge is 0.507 e. The Balaban J connectivity index is 1.55. The van der Waals surface area contributed by atoms with Crippen molar-refractivity contribution in [1.29, 1.82) is 0 Å². The third kappa shape index (κ3) is 4.45. The number of nitrogens with zero attached hydrogens (tertiary/aromatic N) is 1. The summed E-state index contributed by atoms with van der Waals surface area (Å²) in [6, 6.07) is 16.1. The molecule has 0 saturated carbocycles. The highest BCUT2D eigenvalue weighted by Gasteiger charge is 2.16. The highest BCUT2D eigenvalue weighted by Crippen LogP contribution is 2.34. The number of thiocarbonyl (C=S) groups is 1. The van der Waals surface area contributed by atoms with Crippen molar-refractivity contribution in [3.05, 3.63) is 77.6 Å². The lowest BCUT2D eigenvalue weighted by Gasteiger charge is -2.11. The molecule has 4 aromatic rings. The zero-order valence-corrected chi connectivity index (χ0v) is 18.2. The maximum absolute atomic E-state index is 13.8. The number of carbonyl (C=O) groups excluding carboxylic acids is 1. The molecule has 0 aliphatic rings. The number of phenolic OH excluding ortho intramolecular Hbond substituents is 1. The molecule has 0 atom stereocenters. The summed E-state index contributed by atoms with van der Waals surface area (Å²) < 4.78 is 19.6. The minimum atomic E-state index is -0.667. The zero-order valence-electron chi connectivity index (χ0n) is 17.3. The summed E-state index contributed by atoms with van der Waals surface area (Å²) in [5, 5.41) is 15.6. The first-order valence-electron chi connectivity index (χ1n) is 9.92. The molecule has 6 nitrogen and oxygen atoms in total. The van der Waals surface area contributed by atoms with Crippen molar-refractivity contribution in [2.24, 2.45) is 0 Å². The number of hydrogen-bond donors (Lipinski definition) is 3. The van der Waals surface area contributed by atoms with Crippen LogP contribution in [0.5, 0.6) is 5.75 Å². The molecule has 0 fully saturated rings. The highest BCUT2D eigenvalue weighted by atomic mass is 32.1. The Bertz CT molecular complexity index is 1330. The van der Waals surface area contributed by atoms with Crippen LogP contribution in [-0.2, 0) is 0 Å². The molecule has 1 aromatic heterocycles. The summed E-state index contributed by atoms with van der Waals surface area (Å²) in [7, 11) is 0. The van der Waals surface area contributed by atoms with Crippen molar-refractivity contribution in [3.8, 4) is 17.2 Å². The Kier molecular flexibility index (Phi) is 5.87. The predicted molar refractivity (Wildman–Crippen MR) is 125 cm³/mol. The van der Waals surface area contributed by atoms with Crippen LogP contribution in [0.2, 0.25) is 0 Å². The van der Waals surface area contributed by atoms with Crippen LogP contribution in [0, 0.1) is 5.82 Å². The molecule has 3 N–H and O–H groups in total. The fraction of sp³-hybridized carbons (Fsp3) is 0.125. The van der Waals surface area contributed by atoms with E-state index >= 15 is 0 Å². The van der Waals surface area contributed by atoms with Gasteiger partial charge in [0.05, 0.1) is 11.1 Å². The van der Waals surface area contributed by atoms with Gasteiger partial charge in [0.25, 0.3) is 5.91 Å². The number of amides is 1. The van der Waals surface area contributed by atoms with Crippen molar-refractivity contribution in [1.82, 2.24) is 10.3 Å². The van der Waals surface area contributed by atoms with Gasteiger partial charge >= 0.3 is 0 Å². The van der Waals surface area contributed by atoms with Crippen molar-refractivity contribution < 1.29 is 18.7 Å². The van der Waals surface area contributed by atoms with E-state index in [0.29, 0.717) is 28.3 Å². The molecule has 0 unspecified atom stereocenters. The Labute approximate surface area is 189 Å². The van der Waals surface area contributed by atoms with Crippen LogP contribution in [-0.4, -0.2) is 21.1 Å². The molecular formula is C24H20FN3O3S. The van der Waals surface area contributed by atoms with Crippen molar-refractivity contribution in [2.45, 2.75) is 19.8 Å². The van der Waals surface area contributed by atoms with Gasteiger partial charge in [0.1, 0.15) is 17.1 Å². The lowest BCUT2D eigenvalue weighted by Crippen LogP contribution is -2.34. The third-order valence-corrected chi connectivity index (χ3v) is 5.11. The van der Waals surface area contributed by atoms with Gasteiger partial charge < -0.3 is 14.8 Å². The first-order chi connectivity index (χ1) is 15.3. The molecule has 0 bridgehead atoms. The van der Waals surface area contributed by atoms with Gasteiger partial charge in [-0.2, -0.15) is 0 Å². The van der Waals surface area contributed by atoms with Crippen molar-refractivity contribution >= 4 is 40.0 Å². The zero-order chi connectivity index (χ0) is 22.8. The Morgan fingerprint density at radius 3 is 2.66 bits per heavy atom. The molecule has 1 heterocycles. The number of anilines is 1. The van der Waals surface area contributed by atoms with Crippen molar-refractivity contribution in [2.75, 3.05) is 5.32 Å². The van der Waals surface area contributed by atoms with E-state index in [-0.39, 0.29) is 22.3 Å². The molecule has 4 rings (SSSR count). The number of phenols is 1. The molecule has 8 heteroatoms. The normalized spacial score (nSPS) is 11.0. The molecule has 0 aliphatic carbocycles. The Hall–Kier alpha value is -3.78. The number of oxazole rings is 1. The molecule has 0 aliphatic heterocycles. The number of nitrogens with one attached hydrogen (secondary N) is 2. The lowest BCUT2D eigenvalue weighted by molar-refractivity contribution is 0.0974. The molecule has 0 saturated heterocycles. The molecule has 32 heavy (non-hydrogen) atoms. The number of aromatic hydroxyl groups is 1. The van der Waals surface area contributed by atoms with E-state index in [1.54, 1.807) is 18.2 Å². The average Bonchev–Trinajstić information content (AvgIpc) is 3.18. The second-order valence-electron chi connectivity index (χ2n) is 7.52. The highest BCUT2D eigenvalue weighted by molar-refractivity contribution is 7.80. The van der Waals surface area contributed by atoms with Crippen molar-refractivity contribution in [3.63, 3.8) is 0 Å². The third-order valence-electron chi connectivity index (χ3n) is 4.91. The van der Waals surface area contributed by atoms with E-state index in [0.717, 1.165) is 5.56 Å². The van der Waals surface area contributed by atoms with E-state index < -0.39 is 11.7 Å². The summed E-state index contributed by atoms with van der Waals surface area (Å²) in [4.78, 5) is 16.7. The topological polar surface area (TPSA) is 87.4 Å². The van der Waals surface area contributed by atoms with Crippen LogP contribution in [0.1, 0.15) is 35.7 Å². The predicted octanol–water partition coefficient (Wildman–Crippen LogP) is 5.59. The Morgan fingerprint density at radius 1 is 1.12 bits per heavy atom. The summed E-state index contributed by atoms with van der Waals surface area (Å²) in [6.45, 7) is 4.19. The minimum Gasteiger partial charge on any atom is -0.507 e. The van der Waals surface area contributed by atoms with Gasteiger partial charge in [0.2, 0.25) is 5.89 Å². The molecule has 162 valence electrons. The lowest BCUT2D eigenvalue weighted by atomic mass is 10.0. The average molecular weight is 450 g/mol. The van der Waals surface area contributed by atoms with E-state index in [1.165, 1.54) is 24.3 Å². The quantitative estimate of drug-likeness (QED) is 0.278. The summed E-state index contributed by atoms with van der Waals surface area (Å²) in [6.07, 6.45) is 0. The number of hydrogen-bond acceptors (Lipinski definition) is 5. The van der Waals surface area contributed by atoms with E-state index in [4.69, 9.17) is 16.6 Å². The van der Waals surface area contributed by atoms with Gasteiger partial charge in [-0.25, -0.2) is 9.37 Å². The number of benzene rings is 3. The number of fused-ring (bicyclic) bond motifs is 1. The SMILES string of the molecule is CC(C)c1ccc2oc(-c3cc(NC(=S)NC(=O)c4ccccc4F)ccc3O)nc2c1. The molecule has 0 radical (unpaired) electrons. The van der Waals surface area contributed by atoms with E-state index in [1.807, 2.05) is 18.2 Å². The van der Waals surface area contributed by atoms with Crippen LogP contribution in [0.3, 0.4) is 0 Å². The number of carbonyl (C=O) groups is 1. The van der Waals surface area contributed by atoms with E-state index in [9.17, 15) is 14.3 Å². The monoisotopic (exact) mass is 449 g/mol. The van der Waals surface area contributed by atoms with Gasteiger partial charge in [-0.05, 0) is 66.2 Å². The van der Waals surface area contributed by atoms with Gasteiger partial charge in [0.15, 0.2) is 10.7 Å². The summed E-state index contributed by atoms with van der Waals surface area (Å²) in [5.74, 6) is -0.729. The minimum absolute atomic E-state index is 0.0194. The van der Waals surface area contributed by atoms with Gasteiger partial charge in [-0.1, -0.05) is 32.0 Å². The fourth-order valence-electron chi connectivity index (χ4n) is 3.18. The Morgan fingerprint density at radius 2 is 1.91 bits per heavy atom. The van der Waals surface area contributed by atoms with Gasteiger partial charge in [-0.15, -0.1) is 0 Å². The van der Waals surface area contributed by atoms with Crippen LogP contribution < -0.4 is 10.6 Å². The first-order valence-corrected chi connectivity index (χ1v) is 10.3. The number of rotatable bonds is 4. The first kappa shape index (κ1) is 21.5. The number of halogens is 1. The van der Waals surface area contributed by atoms with Crippen LogP contribution in [0.25, 0.3) is 22.6 Å². The van der Waals surface area contributed by atoms with E-state index in [2.05, 4.69) is 29.5 Å². The smallest absolute Gasteiger partial charge is 0.260 e. The standard InChI is InChI=1S/C24H20FN3O3S/c1-13(2)14-7-10-21-19(11-14)27-23(31-21)17-12-15(8-9-20(17)29)26-24(32)28-22(30)16-5-3-4-6-18(16)25/h3-13,29H,1-2H3,(H2,26,28,30,32). The molecule has 0 spiro atoms. The second-order valence-corrected chi connectivity index (χ2v) is 7.93.